The number of esters is 1. The molecule has 0 N–H and O–H groups in total. The van der Waals surface area contributed by atoms with Crippen molar-refractivity contribution in [3.05, 3.63) is 62.5 Å². The van der Waals surface area contributed by atoms with Gasteiger partial charge in [0.25, 0.3) is 5.56 Å². The van der Waals surface area contributed by atoms with E-state index in [1.54, 1.807) is 15.9 Å². The largest absolute Gasteiger partial charge is 0.459 e. The highest BCUT2D eigenvalue weighted by Crippen LogP contribution is 2.34. The Kier molecular flexibility index (Phi) is 5.87. The molecule has 2 aliphatic rings. The summed E-state index contributed by atoms with van der Waals surface area (Å²) in [4.78, 5) is 35.6. The van der Waals surface area contributed by atoms with Crippen LogP contribution in [0.2, 0.25) is 0 Å². The van der Waals surface area contributed by atoms with E-state index in [9.17, 15) is 9.59 Å². The summed E-state index contributed by atoms with van der Waals surface area (Å²) in [5.41, 5.74) is 2.00. The van der Waals surface area contributed by atoms with Gasteiger partial charge in [-0.25, -0.2) is 4.98 Å². The Morgan fingerprint density at radius 2 is 1.84 bits per heavy atom. The van der Waals surface area contributed by atoms with Crippen LogP contribution in [0, 0.1) is 0 Å². The summed E-state index contributed by atoms with van der Waals surface area (Å²) in [6, 6.07) is 9.60. The van der Waals surface area contributed by atoms with Gasteiger partial charge in [-0.05, 0) is 62.7 Å². The number of carbonyl (C=O) groups excluding carboxylic acids is 1. The van der Waals surface area contributed by atoms with Gasteiger partial charge in [0, 0.05) is 4.88 Å². The number of fused-ring (bicyclic) bond motifs is 3. The molecule has 6 nitrogen and oxygen atoms in total. The number of thiophene rings is 1. The van der Waals surface area contributed by atoms with Crippen molar-refractivity contribution in [2.24, 2.45) is 0 Å². The fraction of sp³-hybridized carbons (Fsp3) is 0.458. The van der Waals surface area contributed by atoms with E-state index in [0.29, 0.717) is 12.4 Å². The normalized spacial score (nSPS) is 16.5. The van der Waals surface area contributed by atoms with Crippen molar-refractivity contribution in [1.29, 1.82) is 0 Å². The van der Waals surface area contributed by atoms with Gasteiger partial charge in [0.15, 0.2) is 0 Å². The molecule has 1 aliphatic carbocycles. The smallest absolute Gasteiger partial charge is 0.326 e. The van der Waals surface area contributed by atoms with Crippen LogP contribution in [0.15, 0.2) is 35.1 Å². The van der Waals surface area contributed by atoms with Gasteiger partial charge in [0.05, 0.1) is 11.9 Å². The van der Waals surface area contributed by atoms with E-state index < -0.39 is 5.97 Å². The van der Waals surface area contributed by atoms with Crippen molar-refractivity contribution in [3.8, 4) is 0 Å². The highest BCUT2D eigenvalue weighted by atomic mass is 32.1. The lowest BCUT2D eigenvalue weighted by Crippen LogP contribution is -2.32. The Hall–Kier alpha value is -2.51. The molecule has 2 aromatic heterocycles. The third-order valence-corrected chi connectivity index (χ3v) is 7.43. The first-order valence-electron chi connectivity index (χ1n) is 11.1. The number of benzene rings is 1. The zero-order valence-electron chi connectivity index (χ0n) is 17.6. The van der Waals surface area contributed by atoms with Crippen molar-refractivity contribution in [1.82, 2.24) is 14.5 Å². The molecule has 1 aromatic carbocycles. The van der Waals surface area contributed by atoms with Gasteiger partial charge in [0.1, 0.15) is 23.8 Å². The SMILES string of the molecule is O=C(Cn1c(CN2CCCC2)nc2sc3c(c2c1=O)CCCC3)OCc1ccccc1. The topological polar surface area (TPSA) is 64.4 Å². The molecule has 0 amide bonds. The predicted octanol–water partition coefficient (Wildman–Crippen LogP) is 3.68. The molecule has 1 saturated heterocycles. The molecule has 1 aliphatic heterocycles. The fourth-order valence-electron chi connectivity index (χ4n) is 4.62. The lowest BCUT2D eigenvalue weighted by molar-refractivity contribution is -0.145. The van der Waals surface area contributed by atoms with Crippen LogP contribution >= 0.6 is 11.3 Å². The number of aromatic nitrogens is 2. The molecule has 3 heterocycles. The molecule has 162 valence electrons. The summed E-state index contributed by atoms with van der Waals surface area (Å²) >= 11 is 1.66. The van der Waals surface area contributed by atoms with Crippen LogP contribution in [0.4, 0.5) is 0 Å². The van der Waals surface area contributed by atoms with E-state index in [1.807, 2.05) is 30.3 Å². The summed E-state index contributed by atoms with van der Waals surface area (Å²) in [6.45, 7) is 2.72. The van der Waals surface area contributed by atoms with E-state index >= 15 is 0 Å². The summed E-state index contributed by atoms with van der Waals surface area (Å²) in [5.74, 6) is 0.272. The summed E-state index contributed by atoms with van der Waals surface area (Å²) in [7, 11) is 0. The van der Waals surface area contributed by atoms with Crippen LogP contribution in [0.3, 0.4) is 0 Å². The van der Waals surface area contributed by atoms with Crippen molar-refractivity contribution in [3.63, 3.8) is 0 Å². The number of ether oxygens (including phenoxy) is 1. The predicted molar refractivity (Wildman–Crippen MR) is 121 cm³/mol. The quantitative estimate of drug-likeness (QED) is 0.551. The maximum Gasteiger partial charge on any atom is 0.326 e. The minimum Gasteiger partial charge on any atom is -0.459 e. The Balaban J connectivity index is 1.46. The lowest BCUT2D eigenvalue weighted by Gasteiger charge is -2.18. The molecular weight excluding hydrogens is 410 g/mol. The van der Waals surface area contributed by atoms with E-state index in [0.717, 1.165) is 53.7 Å². The molecule has 3 aromatic rings. The number of aryl methyl sites for hydroxylation is 2. The fourth-order valence-corrected chi connectivity index (χ4v) is 5.89. The molecule has 0 atom stereocenters. The Morgan fingerprint density at radius 3 is 2.65 bits per heavy atom. The van der Waals surface area contributed by atoms with Crippen LogP contribution in [-0.4, -0.2) is 33.5 Å². The van der Waals surface area contributed by atoms with Crippen LogP contribution in [0.25, 0.3) is 10.2 Å². The van der Waals surface area contributed by atoms with Gasteiger partial charge in [-0.3, -0.25) is 19.1 Å². The number of nitrogens with zero attached hydrogens (tertiary/aromatic N) is 3. The third kappa shape index (κ3) is 4.29. The van der Waals surface area contributed by atoms with E-state index in [-0.39, 0.29) is 18.7 Å². The molecule has 0 spiro atoms. The van der Waals surface area contributed by atoms with Crippen molar-refractivity contribution >= 4 is 27.5 Å². The monoisotopic (exact) mass is 437 g/mol. The number of likely N-dealkylation sites (tertiary alicyclic amines) is 1. The average molecular weight is 438 g/mol. The molecule has 0 unspecified atom stereocenters. The maximum absolute atomic E-state index is 13.6. The van der Waals surface area contributed by atoms with Gasteiger partial charge < -0.3 is 4.74 Å². The van der Waals surface area contributed by atoms with Crippen molar-refractivity contribution < 1.29 is 9.53 Å². The second-order valence-electron chi connectivity index (χ2n) is 8.44. The Morgan fingerprint density at radius 1 is 1.06 bits per heavy atom. The first kappa shape index (κ1) is 20.4. The van der Waals surface area contributed by atoms with Gasteiger partial charge in [-0.2, -0.15) is 0 Å². The summed E-state index contributed by atoms with van der Waals surface area (Å²) < 4.78 is 7.05. The van der Waals surface area contributed by atoms with E-state index in [1.165, 1.54) is 24.1 Å². The molecule has 7 heteroatoms. The van der Waals surface area contributed by atoms with Crippen LogP contribution in [0.1, 0.15) is 47.5 Å². The Labute approximate surface area is 185 Å². The second-order valence-corrected chi connectivity index (χ2v) is 9.52. The van der Waals surface area contributed by atoms with Crippen molar-refractivity contribution in [2.75, 3.05) is 13.1 Å². The maximum atomic E-state index is 13.6. The summed E-state index contributed by atoms with van der Waals surface area (Å²) in [5, 5.41) is 0.723. The standard InChI is InChI=1S/C24H27N3O3S/c28-21(30-16-17-8-2-1-3-9-17)15-27-20(14-26-12-6-7-13-26)25-23-22(24(27)29)18-10-4-5-11-19(18)31-23/h1-3,8-9H,4-7,10-16H2. The highest BCUT2D eigenvalue weighted by molar-refractivity contribution is 7.18. The average Bonchev–Trinajstić information content (AvgIpc) is 3.43. The van der Waals surface area contributed by atoms with E-state index in [2.05, 4.69) is 4.90 Å². The minimum absolute atomic E-state index is 0.0877. The molecule has 0 bridgehead atoms. The molecular formula is C24H27N3O3S. The number of hydrogen-bond acceptors (Lipinski definition) is 6. The first-order valence-corrected chi connectivity index (χ1v) is 12.0. The van der Waals surface area contributed by atoms with Crippen LogP contribution < -0.4 is 5.56 Å². The second kappa shape index (κ2) is 8.93. The number of hydrogen-bond donors (Lipinski definition) is 0. The zero-order valence-corrected chi connectivity index (χ0v) is 18.5. The molecule has 5 rings (SSSR count). The Bertz CT molecular complexity index is 1150. The van der Waals surface area contributed by atoms with E-state index in [4.69, 9.17) is 9.72 Å². The highest BCUT2D eigenvalue weighted by Gasteiger charge is 2.24. The van der Waals surface area contributed by atoms with Crippen LogP contribution in [-0.2, 0) is 42.1 Å². The third-order valence-electron chi connectivity index (χ3n) is 6.25. The molecule has 31 heavy (non-hydrogen) atoms. The molecule has 0 saturated carbocycles. The molecule has 0 radical (unpaired) electrons. The van der Waals surface area contributed by atoms with Gasteiger partial charge in [-0.1, -0.05) is 30.3 Å². The van der Waals surface area contributed by atoms with Gasteiger partial charge in [0.2, 0.25) is 0 Å². The lowest BCUT2D eigenvalue weighted by atomic mass is 9.97. The van der Waals surface area contributed by atoms with Crippen LogP contribution in [0.5, 0.6) is 0 Å². The van der Waals surface area contributed by atoms with Gasteiger partial charge in [-0.15, -0.1) is 11.3 Å². The zero-order chi connectivity index (χ0) is 21.2. The number of carbonyl (C=O) groups is 1. The minimum atomic E-state index is -0.404. The van der Waals surface area contributed by atoms with Crippen molar-refractivity contribution in [2.45, 2.75) is 58.2 Å². The summed E-state index contributed by atoms with van der Waals surface area (Å²) in [6.07, 6.45) is 6.55. The number of rotatable bonds is 6. The van der Waals surface area contributed by atoms with Gasteiger partial charge >= 0.3 is 5.97 Å². The first-order chi connectivity index (χ1) is 15.2. The molecule has 1 fully saturated rings.